The molecule has 1 fully saturated rings. The normalized spacial score (nSPS) is 17.9. The minimum Gasteiger partial charge on any atom is -0.340 e. The minimum absolute atomic E-state index is 0.357. The van der Waals surface area contributed by atoms with Gasteiger partial charge in [-0.2, -0.15) is 0 Å². The molecule has 0 aromatic carbocycles. The van der Waals surface area contributed by atoms with Crippen LogP contribution >= 0.6 is 0 Å². The number of carbonyl (C=O) groups is 1. The molecule has 1 aliphatic carbocycles. The zero-order chi connectivity index (χ0) is 12.0. The van der Waals surface area contributed by atoms with E-state index < -0.39 is 0 Å². The van der Waals surface area contributed by atoms with E-state index in [1.54, 1.807) is 0 Å². The van der Waals surface area contributed by atoms with Gasteiger partial charge in [-0.15, -0.1) is 0 Å². The van der Waals surface area contributed by atoms with Crippen LogP contribution in [0.1, 0.15) is 65.7 Å². The van der Waals surface area contributed by atoms with Crippen LogP contribution in [0.3, 0.4) is 0 Å². The number of unbranched alkanes of at least 4 members (excludes halogenated alkanes) is 1. The van der Waals surface area contributed by atoms with Crippen LogP contribution in [0.15, 0.2) is 0 Å². The zero-order valence-corrected chi connectivity index (χ0v) is 11.2. The van der Waals surface area contributed by atoms with Gasteiger partial charge in [0.2, 0.25) is 5.91 Å². The van der Waals surface area contributed by atoms with Crippen molar-refractivity contribution in [1.82, 2.24) is 4.90 Å². The third-order valence-electron chi connectivity index (χ3n) is 3.88. The van der Waals surface area contributed by atoms with Gasteiger partial charge < -0.3 is 4.90 Å². The fourth-order valence-electron chi connectivity index (χ4n) is 2.50. The summed E-state index contributed by atoms with van der Waals surface area (Å²) >= 11 is 0. The van der Waals surface area contributed by atoms with Crippen molar-refractivity contribution in [2.75, 3.05) is 6.54 Å². The van der Waals surface area contributed by atoms with Gasteiger partial charge in [0, 0.05) is 18.5 Å². The molecule has 0 saturated heterocycles. The summed E-state index contributed by atoms with van der Waals surface area (Å²) in [5, 5.41) is 0. The van der Waals surface area contributed by atoms with E-state index >= 15 is 0 Å². The molecule has 1 aliphatic rings. The number of hydrogen-bond acceptors (Lipinski definition) is 1. The Labute approximate surface area is 100 Å². The molecule has 94 valence electrons. The molecular formula is C14H27NO. The molecule has 1 atom stereocenters. The first-order valence-corrected chi connectivity index (χ1v) is 7.05. The first kappa shape index (κ1) is 13.5. The second-order valence-corrected chi connectivity index (χ2v) is 4.96. The second kappa shape index (κ2) is 6.93. The fraction of sp³-hybridized carbons (Fsp3) is 0.929. The predicted octanol–water partition coefficient (Wildman–Crippen LogP) is 3.60. The highest BCUT2D eigenvalue weighted by molar-refractivity contribution is 5.79. The van der Waals surface area contributed by atoms with Crippen LogP contribution in [0.2, 0.25) is 0 Å². The highest BCUT2D eigenvalue weighted by atomic mass is 16.2. The molecule has 1 saturated carbocycles. The summed E-state index contributed by atoms with van der Waals surface area (Å²) in [5.74, 6) is 0.785. The highest BCUT2D eigenvalue weighted by Crippen LogP contribution is 2.29. The molecule has 2 nitrogen and oxygen atoms in total. The van der Waals surface area contributed by atoms with Crippen LogP contribution in [0.25, 0.3) is 0 Å². The molecule has 0 bridgehead atoms. The van der Waals surface area contributed by atoms with Crippen molar-refractivity contribution in [2.24, 2.45) is 5.92 Å². The molecule has 1 rings (SSSR count). The second-order valence-electron chi connectivity index (χ2n) is 4.96. The summed E-state index contributed by atoms with van der Waals surface area (Å²) in [6.07, 6.45) is 8.25. The van der Waals surface area contributed by atoms with Gasteiger partial charge in [0.1, 0.15) is 0 Å². The van der Waals surface area contributed by atoms with Crippen LogP contribution in [-0.2, 0) is 4.79 Å². The number of nitrogens with zero attached hydrogens (tertiary/aromatic N) is 1. The topological polar surface area (TPSA) is 20.3 Å². The Morgan fingerprint density at radius 3 is 2.38 bits per heavy atom. The van der Waals surface area contributed by atoms with Gasteiger partial charge >= 0.3 is 0 Å². The van der Waals surface area contributed by atoms with Crippen molar-refractivity contribution in [3.8, 4) is 0 Å². The number of rotatable bonds is 7. The van der Waals surface area contributed by atoms with Crippen molar-refractivity contribution < 1.29 is 4.79 Å². The number of hydrogen-bond donors (Lipinski definition) is 0. The lowest BCUT2D eigenvalue weighted by Gasteiger charge is -2.36. The molecule has 0 aromatic heterocycles. The fourth-order valence-corrected chi connectivity index (χ4v) is 2.50. The Balaban J connectivity index is 2.51. The molecule has 0 aliphatic heterocycles. The van der Waals surface area contributed by atoms with Gasteiger partial charge in [0.15, 0.2) is 0 Å². The summed E-state index contributed by atoms with van der Waals surface area (Å²) in [5.41, 5.74) is 0. The number of amides is 1. The summed E-state index contributed by atoms with van der Waals surface area (Å²) in [6.45, 7) is 7.43. The third kappa shape index (κ3) is 3.23. The SMILES string of the molecule is CCCCC(CC)N(CC)C(=O)C1CCC1. The Bertz CT molecular complexity index is 211. The lowest BCUT2D eigenvalue weighted by molar-refractivity contribution is -0.140. The Morgan fingerprint density at radius 1 is 1.31 bits per heavy atom. The molecule has 1 amide bonds. The highest BCUT2D eigenvalue weighted by Gasteiger charge is 2.31. The van der Waals surface area contributed by atoms with Gasteiger partial charge in [-0.05, 0) is 32.6 Å². The standard InChI is InChI=1S/C14H27NO/c1-4-7-11-13(5-2)15(6-3)14(16)12-9-8-10-12/h12-13H,4-11H2,1-3H3. The van der Waals surface area contributed by atoms with E-state index in [4.69, 9.17) is 0 Å². The smallest absolute Gasteiger partial charge is 0.225 e. The molecule has 2 heteroatoms. The van der Waals surface area contributed by atoms with Crippen molar-refractivity contribution in [1.29, 1.82) is 0 Å². The van der Waals surface area contributed by atoms with Gasteiger partial charge in [-0.1, -0.05) is 33.1 Å². The monoisotopic (exact) mass is 225 g/mol. The maximum Gasteiger partial charge on any atom is 0.225 e. The van der Waals surface area contributed by atoms with Gasteiger partial charge in [0.25, 0.3) is 0 Å². The molecule has 1 unspecified atom stereocenters. The summed E-state index contributed by atoms with van der Waals surface area (Å²) in [6, 6.07) is 0.484. The van der Waals surface area contributed by atoms with Crippen LogP contribution in [-0.4, -0.2) is 23.4 Å². The van der Waals surface area contributed by atoms with Gasteiger partial charge in [-0.3, -0.25) is 4.79 Å². The van der Waals surface area contributed by atoms with Crippen LogP contribution < -0.4 is 0 Å². The Hall–Kier alpha value is -0.530. The lowest BCUT2D eigenvalue weighted by Crippen LogP contribution is -2.44. The number of carbonyl (C=O) groups excluding carboxylic acids is 1. The lowest BCUT2D eigenvalue weighted by atomic mass is 9.84. The van der Waals surface area contributed by atoms with E-state index in [1.807, 2.05) is 0 Å². The average Bonchev–Trinajstić information content (AvgIpc) is 2.21. The Kier molecular flexibility index (Phi) is 5.86. The quantitative estimate of drug-likeness (QED) is 0.648. The van der Waals surface area contributed by atoms with Crippen molar-refractivity contribution >= 4 is 5.91 Å². The van der Waals surface area contributed by atoms with Crippen LogP contribution in [0.5, 0.6) is 0 Å². The first-order chi connectivity index (χ1) is 7.74. The zero-order valence-electron chi connectivity index (χ0n) is 11.2. The predicted molar refractivity (Wildman–Crippen MR) is 68.3 cm³/mol. The molecule has 0 aromatic rings. The van der Waals surface area contributed by atoms with E-state index in [2.05, 4.69) is 25.7 Å². The minimum atomic E-state index is 0.357. The van der Waals surface area contributed by atoms with Crippen LogP contribution in [0.4, 0.5) is 0 Å². The molecule has 0 radical (unpaired) electrons. The van der Waals surface area contributed by atoms with E-state index in [0.29, 0.717) is 17.9 Å². The summed E-state index contributed by atoms with van der Waals surface area (Å²) < 4.78 is 0. The molecule has 0 N–H and O–H groups in total. The average molecular weight is 225 g/mol. The van der Waals surface area contributed by atoms with Crippen molar-refractivity contribution in [3.05, 3.63) is 0 Å². The van der Waals surface area contributed by atoms with E-state index in [0.717, 1.165) is 25.8 Å². The molecular weight excluding hydrogens is 198 g/mol. The largest absolute Gasteiger partial charge is 0.340 e. The molecule has 16 heavy (non-hydrogen) atoms. The summed E-state index contributed by atoms with van der Waals surface area (Å²) in [7, 11) is 0. The van der Waals surface area contributed by atoms with Gasteiger partial charge in [0.05, 0.1) is 0 Å². The van der Waals surface area contributed by atoms with Crippen LogP contribution in [0, 0.1) is 5.92 Å². The van der Waals surface area contributed by atoms with E-state index in [9.17, 15) is 4.79 Å². The van der Waals surface area contributed by atoms with E-state index in [-0.39, 0.29) is 0 Å². The third-order valence-corrected chi connectivity index (χ3v) is 3.88. The summed E-state index contributed by atoms with van der Waals surface area (Å²) in [4.78, 5) is 14.4. The van der Waals surface area contributed by atoms with E-state index in [1.165, 1.54) is 25.7 Å². The van der Waals surface area contributed by atoms with Crippen molar-refractivity contribution in [3.63, 3.8) is 0 Å². The van der Waals surface area contributed by atoms with Crippen molar-refractivity contribution in [2.45, 2.75) is 71.8 Å². The molecule has 0 spiro atoms. The maximum absolute atomic E-state index is 12.2. The first-order valence-electron chi connectivity index (χ1n) is 7.05. The maximum atomic E-state index is 12.2. The molecule has 0 heterocycles. The Morgan fingerprint density at radius 2 is 2.00 bits per heavy atom. The van der Waals surface area contributed by atoms with Gasteiger partial charge in [-0.25, -0.2) is 0 Å².